The SMILES string of the molecule is c1ccc2[nH]c(Cc3ncco3)nc2c1. The van der Waals surface area contributed by atoms with Crippen LogP contribution >= 0.6 is 0 Å². The molecule has 0 saturated heterocycles. The highest BCUT2D eigenvalue weighted by molar-refractivity contribution is 5.74. The number of oxazole rings is 1. The minimum atomic E-state index is 0.599. The maximum Gasteiger partial charge on any atom is 0.201 e. The molecule has 74 valence electrons. The first-order valence-electron chi connectivity index (χ1n) is 4.74. The molecule has 1 aromatic carbocycles. The maximum atomic E-state index is 5.16. The predicted molar refractivity (Wildman–Crippen MR) is 55.4 cm³/mol. The lowest BCUT2D eigenvalue weighted by Gasteiger charge is -1.88. The van der Waals surface area contributed by atoms with E-state index in [1.165, 1.54) is 0 Å². The van der Waals surface area contributed by atoms with Gasteiger partial charge in [0.1, 0.15) is 12.1 Å². The zero-order chi connectivity index (χ0) is 10.1. The molecule has 0 amide bonds. The van der Waals surface area contributed by atoms with Gasteiger partial charge in [-0.1, -0.05) is 12.1 Å². The first kappa shape index (κ1) is 8.23. The second-order valence-electron chi connectivity index (χ2n) is 3.30. The smallest absolute Gasteiger partial charge is 0.201 e. The molecule has 0 bridgehead atoms. The maximum absolute atomic E-state index is 5.16. The van der Waals surface area contributed by atoms with Gasteiger partial charge in [-0.25, -0.2) is 9.97 Å². The van der Waals surface area contributed by atoms with E-state index in [9.17, 15) is 0 Å². The van der Waals surface area contributed by atoms with Crippen LogP contribution in [-0.4, -0.2) is 15.0 Å². The molecule has 3 aromatic rings. The highest BCUT2D eigenvalue weighted by Gasteiger charge is 2.05. The van der Waals surface area contributed by atoms with Crippen molar-refractivity contribution in [2.24, 2.45) is 0 Å². The number of hydrogen-bond donors (Lipinski definition) is 1. The highest BCUT2D eigenvalue weighted by atomic mass is 16.3. The number of H-pyrrole nitrogens is 1. The van der Waals surface area contributed by atoms with Gasteiger partial charge in [0.05, 0.1) is 23.7 Å². The number of fused-ring (bicyclic) bond motifs is 1. The van der Waals surface area contributed by atoms with Crippen LogP contribution in [-0.2, 0) is 6.42 Å². The lowest BCUT2D eigenvalue weighted by Crippen LogP contribution is -1.89. The summed E-state index contributed by atoms with van der Waals surface area (Å²) in [5.74, 6) is 1.55. The Morgan fingerprint density at radius 1 is 1.27 bits per heavy atom. The largest absolute Gasteiger partial charge is 0.449 e. The molecule has 2 aromatic heterocycles. The van der Waals surface area contributed by atoms with Gasteiger partial charge in [-0.15, -0.1) is 0 Å². The van der Waals surface area contributed by atoms with E-state index in [1.54, 1.807) is 12.5 Å². The molecule has 0 aliphatic rings. The Morgan fingerprint density at radius 2 is 2.20 bits per heavy atom. The average Bonchev–Trinajstić information content (AvgIpc) is 2.86. The number of nitrogens with one attached hydrogen (secondary N) is 1. The van der Waals surface area contributed by atoms with Gasteiger partial charge in [-0.05, 0) is 12.1 Å². The summed E-state index contributed by atoms with van der Waals surface area (Å²) in [5.41, 5.74) is 2.01. The second kappa shape index (κ2) is 3.24. The van der Waals surface area contributed by atoms with Crippen LogP contribution in [0.2, 0.25) is 0 Å². The van der Waals surface area contributed by atoms with Crippen molar-refractivity contribution in [2.45, 2.75) is 6.42 Å². The summed E-state index contributed by atoms with van der Waals surface area (Å²) in [5, 5.41) is 0. The van der Waals surface area contributed by atoms with Gasteiger partial charge in [0.2, 0.25) is 5.89 Å². The topological polar surface area (TPSA) is 54.7 Å². The van der Waals surface area contributed by atoms with Crippen LogP contribution in [0.4, 0.5) is 0 Å². The molecule has 0 unspecified atom stereocenters. The molecule has 15 heavy (non-hydrogen) atoms. The van der Waals surface area contributed by atoms with Crippen LogP contribution in [0.25, 0.3) is 11.0 Å². The minimum absolute atomic E-state index is 0.599. The van der Waals surface area contributed by atoms with Crippen LogP contribution in [0, 0.1) is 0 Å². The highest BCUT2D eigenvalue weighted by Crippen LogP contribution is 2.12. The van der Waals surface area contributed by atoms with Gasteiger partial charge in [-0.2, -0.15) is 0 Å². The quantitative estimate of drug-likeness (QED) is 0.687. The van der Waals surface area contributed by atoms with E-state index in [1.807, 2.05) is 24.3 Å². The van der Waals surface area contributed by atoms with Crippen molar-refractivity contribution in [3.05, 3.63) is 48.4 Å². The molecule has 0 aliphatic heterocycles. The zero-order valence-corrected chi connectivity index (χ0v) is 7.97. The molecule has 0 radical (unpaired) electrons. The molecule has 3 rings (SSSR count). The van der Waals surface area contributed by atoms with Gasteiger partial charge in [-0.3, -0.25) is 0 Å². The monoisotopic (exact) mass is 199 g/mol. The number of aromatic nitrogens is 3. The molecule has 1 N–H and O–H groups in total. The van der Waals surface area contributed by atoms with Crippen LogP contribution in [0.1, 0.15) is 11.7 Å². The summed E-state index contributed by atoms with van der Waals surface area (Å²) in [6.07, 6.45) is 3.80. The lowest BCUT2D eigenvalue weighted by molar-refractivity contribution is 0.503. The van der Waals surface area contributed by atoms with E-state index in [2.05, 4.69) is 15.0 Å². The van der Waals surface area contributed by atoms with E-state index in [0.29, 0.717) is 12.3 Å². The predicted octanol–water partition coefficient (Wildman–Crippen LogP) is 2.14. The van der Waals surface area contributed by atoms with Gasteiger partial charge in [0, 0.05) is 0 Å². The van der Waals surface area contributed by atoms with Crippen molar-refractivity contribution in [1.29, 1.82) is 0 Å². The second-order valence-corrected chi connectivity index (χ2v) is 3.30. The Morgan fingerprint density at radius 3 is 3.00 bits per heavy atom. The molecule has 2 heterocycles. The molecule has 0 atom stereocenters. The third-order valence-corrected chi connectivity index (χ3v) is 2.24. The molecular formula is C11H9N3O. The van der Waals surface area contributed by atoms with E-state index in [-0.39, 0.29) is 0 Å². The normalized spacial score (nSPS) is 10.9. The van der Waals surface area contributed by atoms with Gasteiger partial charge >= 0.3 is 0 Å². The Balaban J connectivity index is 1.98. The minimum Gasteiger partial charge on any atom is -0.449 e. The van der Waals surface area contributed by atoms with Crippen molar-refractivity contribution < 1.29 is 4.42 Å². The van der Waals surface area contributed by atoms with Gasteiger partial charge in [0.15, 0.2) is 0 Å². The standard InChI is InChI=1S/C11H9N3O/c1-2-4-9-8(3-1)13-10(14-9)7-11-12-5-6-15-11/h1-6H,7H2,(H,13,14). The molecule has 0 aliphatic carbocycles. The lowest BCUT2D eigenvalue weighted by atomic mass is 10.3. The molecule has 0 spiro atoms. The van der Waals surface area contributed by atoms with Crippen molar-refractivity contribution in [3.8, 4) is 0 Å². The summed E-state index contributed by atoms with van der Waals surface area (Å²) in [6.45, 7) is 0. The fraction of sp³-hybridized carbons (Fsp3) is 0.0909. The van der Waals surface area contributed by atoms with Gasteiger partial charge in [0.25, 0.3) is 0 Å². The third-order valence-electron chi connectivity index (χ3n) is 2.24. The molecule has 4 heteroatoms. The molecular weight excluding hydrogens is 190 g/mol. The van der Waals surface area contributed by atoms with Crippen molar-refractivity contribution in [2.75, 3.05) is 0 Å². The Bertz CT molecular complexity index is 535. The number of imidazole rings is 1. The first-order valence-corrected chi connectivity index (χ1v) is 4.74. The zero-order valence-electron chi connectivity index (χ0n) is 7.97. The van der Waals surface area contributed by atoms with Crippen molar-refractivity contribution in [1.82, 2.24) is 15.0 Å². The van der Waals surface area contributed by atoms with Crippen LogP contribution < -0.4 is 0 Å². The number of aromatic amines is 1. The summed E-state index contributed by atoms with van der Waals surface area (Å²) >= 11 is 0. The third kappa shape index (κ3) is 1.50. The molecule has 4 nitrogen and oxygen atoms in total. The van der Waals surface area contributed by atoms with E-state index >= 15 is 0 Å². The fourth-order valence-corrected chi connectivity index (χ4v) is 1.57. The number of hydrogen-bond acceptors (Lipinski definition) is 3. The number of benzene rings is 1. The summed E-state index contributed by atoms with van der Waals surface area (Å²) in [4.78, 5) is 11.7. The van der Waals surface area contributed by atoms with Gasteiger partial charge < -0.3 is 9.40 Å². The Kier molecular flexibility index (Phi) is 1.78. The number of para-hydroxylation sites is 2. The van der Waals surface area contributed by atoms with Crippen LogP contribution in [0.5, 0.6) is 0 Å². The van der Waals surface area contributed by atoms with Crippen molar-refractivity contribution in [3.63, 3.8) is 0 Å². The summed E-state index contributed by atoms with van der Waals surface area (Å²) in [7, 11) is 0. The van der Waals surface area contributed by atoms with E-state index in [4.69, 9.17) is 4.42 Å². The molecule has 0 saturated carbocycles. The van der Waals surface area contributed by atoms with E-state index in [0.717, 1.165) is 16.9 Å². The molecule has 0 fully saturated rings. The summed E-state index contributed by atoms with van der Waals surface area (Å²) < 4.78 is 5.16. The van der Waals surface area contributed by atoms with Crippen LogP contribution in [0.3, 0.4) is 0 Å². The number of rotatable bonds is 2. The fourth-order valence-electron chi connectivity index (χ4n) is 1.57. The Hall–Kier alpha value is -2.10. The van der Waals surface area contributed by atoms with E-state index < -0.39 is 0 Å². The van der Waals surface area contributed by atoms with Crippen molar-refractivity contribution >= 4 is 11.0 Å². The summed E-state index contributed by atoms with van der Waals surface area (Å²) in [6, 6.07) is 7.93. The first-order chi connectivity index (χ1) is 7.42. The van der Waals surface area contributed by atoms with Crippen LogP contribution in [0.15, 0.2) is 41.1 Å². The number of nitrogens with zero attached hydrogens (tertiary/aromatic N) is 2. The Labute approximate surface area is 86.0 Å². The average molecular weight is 199 g/mol.